The second-order valence-electron chi connectivity index (χ2n) is 6.59. The number of carbonyl (C=O) groups is 4. The molecule has 3 N–H and O–H groups in total. The Morgan fingerprint density at radius 2 is 1.85 bits per heavy atom. The molecule has 3 rings (SSSR count). The summed E-state index contributed by atoms with van der Waals surface area (Å²) in [7, 11) is 0. The number of likely N-dealkylation sites (tertiary alicyclic amines) is 1. The number of nitrogens with one attached hydrogen (secondary N) is 1. The fraction of sp³-hybridized carbons (Fsp3) is 0.444. The molecular formula is C18H22N4O5. The molecule has 0 radical (unpaired) electrons. The zero-order valence-corrected chi connectivity index (χ0v) is 14.8. The lowest BCUT2D eigenvalue weighted by Gasteiger charge is -2.28. The number of rotatable bonds is 5. The molecule has 144 valence electrons. The van der Waals surface area contributed by atoms with Crippen molar-refractivity contribution >= 4 is 23.8 Å². The maximum absolute atomic E-state index is 12.7. The highest BCUT2D eigenvalue weighted by Crippen LogP contribution is 2.18. The van der Waals surface area contributed by atoms with Gasteiger partial charge in [-0.05, 0) is 24.8 Å². The SMILES string of the molecule is N[C@H](Cc1ccccc1)C(=O)N1CCC[C@H]1NC(=O)ON1C(=O)CCC1=O. The summed E-state index contributed by atoms with van der Waals surface area (Å²) in [6, 6.07) is 8.71. The fourth-order valence-electron chi connectivity index (χ4n) is 3.25. The lowest BCUT2D eigenvalue weighted by atomic mass is 10.1. The molecule has 2 atom stereocenters. The largest absolute Gasteiger partial charge is 0.433 e. The number of hydrogen-bond acceptors (Lipinski definition) is 6. The van der Waals surface area contributed by atoms with Gasteiger partial charge in [0.1, 0.15) is 6.17 Å². The first-order chi connectivity index (χ1) is 13.0. The van der Waals surface area contributed by atoms with E-state index in [1.165, 1.54) is 4.90 Å². The van der Waals surface area contributed by atoms with Gasteiger partial charge in [-0.3, -0.25) is 19.7 Å². The van der Waals surface area contributed by atoms with E-state index in [0.29, 0.717) is 30.9 Å². The summed E-state index contributed by atoms with van der Waals surface area (Å²) in [5.74, 6) is -1.38. The Kier molecular flexibility index (Phi) is 5.70. The third-order valence-corrected chi connectivity index (χ3v) is 4.62. The molecule has 2 fully saturated rings. The van der Waals surface area contributed by atoms with Crippen LogP contribution >= 0.6 is 0 Å². The van der Waals surface area contributed by atoms with Crippen LogP contribution in [0.3, 0.4) is 0 Å². The molecule has 2 heterocycles. The molecule has 1 aromatic rings. The molecule has 9 heteroatoms. The number of nitrogens with zero attached hydrogens (tertiary/aromatic N) is 2. The van der Waals surface area contributed by atoms with E-state index < -0.39 is 30.1 Å². The molecule has 0 saturated carbocycles. The Balaban J connectivity index is 1.56. The van der Waals surface area contributed by atoms with E-state index in [9.17, 15) is 19.2 Å². The lowest BCUT2D eigenvalue weighted by Crippen LogP contribution is -2.53. The zero-order valence-electron chi connectivity index (χ0n) is 14.8. The highest BCUT2D eigenvalue weighted by atomic mass is 16.7. The van der Waals surface area contributed by atoms with Gasteiger partial charge in [-0.1, -0.05) is 30.3 Å². The van der Waals surface area contributed by atoms with Gasteiger partial charge in [-0.2, -0.15) is 0 Å². The first kappa shape index (κ1) is 18.8. The van der Waals surface area contributed by atoms with Gasteiger partial charge in [-0.15, -0.1) is 5.06 Å². The quantitative estimate of drug-likeness (QED) is 0.715. The molecule has 4 amide bonds. The van der Waals surface area contributed by atoms with Crippen LogP contribution in [-0.4, -0.2) is 52.5 Å². The predicted molar refractivity (Wildman–Crippen MR) is 93.6 cm³/mol. The number of nitrogens with two attached hydrogens (primary N) is 1. The van der Waals surface area contributed by atoms with Crippen LogP contribution in [0.5, 0.6) is 0 Å². The van der Waals surface area contributed by atoms with Crippen molar-refractivity contribution in [2.45, 2.75) is 44.3 Å². The molecular weight excluding hydrogens is 352 g/mol. The summed E-state index contributed by atoms with van der Waals surface area (Å²) in [6.45, 7) is 0.466. The van der Waals surface area contributed by atoms with Crippen molar-refractivity contribution in [3.63, 3.8) is 0 Å². The molecule has 0 aliphatic carbocycles. The van der Waals surface area contributed by atoms with Crippen LogP contribution in [0.15, 0.2) is 30.3 Å². The van der Waals surface area contributed by atoms with E-state index in [1.807, 2.05) is 30.3 Å². The second-order valence-corrected chi connectivity index (χ2v) is 6.59. The van der Waals surface area contributed by atoms with Crippen LogP contribution in [0.2, 0.25) is 0 Å². The van der Waals surface area contributed by atoms with Crippen LogP contribution in [0.1, 0.15) is 31.2 Å². The number of hydrogen-bond donors (Lipinski definition) is 2. The van der Waals surface area contributed by atoms with Gasteiger partial charge >= 0.3 is 6.09 Å². The summed E-state index contributed by atoms with van der Waals surface area (Å²) >= 11 is 0. The normalized spacial score (nSPS) is 20.7. The molecule has 2 aliphatic rings. The van der Waals surface area contributed by atoms with Gasteiger partial charge < -0.3 is 15.5 Å². The number of imide groups is 1. The Hall–Kier alpha value is -2.94. The van der Waals surface area contributed by atoms with E-state index in [-0.39, 0.29) is 18.7 Å². The fourth-order valence-corrected chi connectivity index (χ4v) is 3.25. The van der Waals surface area contributed by atoms with Crippen LogP contribution in [-0.2, 0) is 25.6 Å². The highest BCUT2D eigenvalue weighted by molar-refractivity contribution is 6.01. The molecule has 0 bridgehead atoms. The van der Waals surface area contributed by atoms with Crippen molar-refractivity contribution in [3.8, 4) is 0 Å². The molecule has 27 heavy (non-hydrogen) atoms. The van der Waals surface area contributed by atoms with Gasteiger partial charge in [0.25, 0.3) is 11.8 Å². The third-order valence-electron chi connectivity index (χ3n) is 4.62. The second kappa shape index (κ2) is 8.17. The van der Waals surface area contributed by atoms with Crippen LogP contribution in [0.25, 0.3) is 0 Å². The topological polar surface area (TPSA) is 122 Å². The average molecular weight is 374 g/mol. The number of hydroxylamine groups is 2. The van der Waals surface area contributed by atoms with Gasteiger partial charge in [0.05, 0.1) is 6.04 Å². The first-order valence-electron chi connectivity index (χ1n) is 8.90. The minimum atomic E-state index is -0.945. The van der Waals surface area contributed by atoms with Crippen molar-refractivity contribution in [2.24, 2.45) is 5.73 Å². The van der Waals surface area contributed by atoms with Crippen LogP contribution in [0.4, 0.5) is 4.79 Å². The van der Waals surface area contributed by atoms with E-state index in [0.717, 1.165) is 5.56 Å². The molecule has 2 saturated heterocycles. The van der Waals surface area contributed by atoms with Crippen LogP contribution < -0.4 is 11.1 Å². The van der Waals surface area contributed by atoms with Crippen LogP contribution in [0, 0.1) is 0 Å². The zero-order chi connectivity index (χ0) is 19.4. The van der Waals surface area contributed by atoms with Crippen molar-refractivity contribution in [1.29, 1.82) is 0 Å². The molecule has 0 spiro atoms. The summed E-state index contributed by atoms with van der Waals surface area (Å²) in [4.78, 5) is 54.0. The summed E-state index contributed by atoms with van der Waals surface area (Å²) in [5.41, 5.74) is 7.01. The Morgan fingerprint density at radius 3 is 2.52 bits per heavy atom. The third kappa shape index (κ3) is 4.43. The van der Waals surface area contributed by atoms with Gasteiger partial charge in [0, 0.05) is 19.4 Å². The number of amides is 4. The maximum Gasteiger partial charge on any atom is 0.433 e. The number of carbonyl (C=O) groups excluding carboxylic acids is 4. The van der Waals surface area contributed by atoms with Crippen molar-refractivity contribution in [1.82, 2.24) is 15.3 Å². The Bertz CT molecular complexity index is 723. The summed E-state index contributed by atoms with van der Waals surface area (Å²) in [6.07, 6.45) is 0.157. The predicted octanol–water partition coefficient (Wildman–Crippen LogP) is 0.295. The maximum atomic E-state index is 12.7. The number of benzene rings is 1. The molecule has 2 aliphatic heterocycles. The highest BCUT2D eigenvalue weighted by Gasteiger charge is 2.36. The van der Waals surface area contributed by atoms with E-state index in [2.05, 4.69) is 5.32 Å². The van der Waals surface area contributed by atoms with E-state index in [4.69, 9.17) is 10.6 Å². The molecule has 0 unspecified atom stereocenters. The van der Waals surface area contributed by atoms with Crippen molar-refractivity contribution in [2.75, 3.05) is 6.54 Å². The smallest absolute Gasteiger partial charge is 0.321 e. The first-order valence-corrected chi connectivity index (χ1v) is 8.90. The van der Waals surface area contributed by atoms with E-state index in [1.54, 1.807) is 0 Å². The summed E-state index contributed by atoms with van der Waals surface area (Å²) in [5, 5.41) is 3.01. The molecule has 1 aromatic carbocycles. The monoisotopic (exact) mass is 374 g/mol. The average Bonchev–Trinajstić information content (AvgIpc) is 3.23. The van der Waals surface area contributed by atoms with Gasteiger partial charge in [0.2, 0.25) is 5.91 Å². The minimum Gasteiger partial charge on any atom is -0.321 e. The lowest BCUT2D eigenvalue weighted by molar-refractivity contribution is -0.172. The van der Waals surface area contributed by atoms with Crippen molar-refractivity contribution in [3.05, 3.63) is 35.9 Å². The molecule has 9 nitrogen and oxygen atoms in total. The van der Waals surface area contributed by atoms with Gasteiger partial charge in [0.15, 0.2) is 0 Å². The van der Waals surface area contributed by atoms with Gasteiger partial charge in [-0.25, -0.2) is 4.79 Å². The summed E-state index contributed by atoms with van der Waals surface area (Å²) < 4.78 is 0. The Morgan fingerprint density at radius 1 is 1.19 bits per heavy atom. The minimum absolute atomic E-state index is 0.0223. The standard InChI is InChI=1S/C18H22N4O5/c19-13(11-12-5-2-1-3-6-12)17(25)21-10-4-7-14(21)20-18(26)27-22-15(23)8-9-16(22)24/h1-3,5-6,13-14H,4,7-11,19H2,(H,20,26)/t13-,14+/m1/s1. The van der Waals surface area contributed by atoms with Crippen molar-refractivity contribution < 1.29 is 24.0 Å². The molecule has 0 aromatic heterocycles. The van der Waals surface area contributed by atoms with E-state index >= 15 is 0 Å². The Labute approximate surface area is 156 Å².